The van der Waals surface area contributed by atoms with Crippen LogP contribution in [0.5, 0.6) is 0 Å². The van der Waals surface area contributed by atoms with Gasteiger partial charge in [0, 0.05) is 10.6 Å². The van der Waals surface area contributed by atoms with E-state index in [4.69, 9.17) is 16.3 Å². The normalized spacial score (nSPS) is 13.2. The summed E-state index contributed by atoms with van der Waals surface area (Å²) in [6.45, 7) is 6.00. The van der Waals surface area contributed by atoms with E-state index in [1.165, 1.54) is 7.11 Å². The lowest BCUT2D eigenvalue weighted by Gasteiger charge is -2.27. The van der Waals surface area contributed by atoms with Gasteiger partial charge in [-0.05, 0) is 38.5 Å². The minimum Gasteiger partial charge on any atom is -0.468 e. The van der Waals surface area contributed by atoms with Crippen LogP contribution in [0.15, 0.2) is 24.3 Å². The summed E-state index contributed by atoms with van der Waals surface area (Å²) in [5, 5.41) is 3.87. The number of esters is 1. The van der Waals surface area contributed by atoms with Crippen LogP contribution in [-0.4, -0.2) is 18.6 Å². The van der Waals surface area contributed by atoms with E-state index < -0.39 is 6.04 Å². The molecule has 3 nitrogen and oxygen atoms in total. The van der Waals surface area contributed by atoms with Gasteiger partial charge in [0.1, 0.15) is 6.04 Å². The van der Waals surface area contributed by atoms with E-state index >= 15 is 0 Å². The van der Waals surface area contributed by atoms with Crippen molar-refractivity contribution in [3.63, 3.8) is 0 Å². The molecule has 0 amide bonds. The number of carbonyl (C=O) groups is 1. The minimum absolute atomic E-state index is 0.182. The molecule has 0 radical (unpaired) electrons. The van der Waals surface area contributed by atoms with Crippen molar-refractivity contribution in [1.82, 2.24) is 5.32 Å². The van der Waals surface area contributed by atoms with Gasteiger partial charge in [0.05, 0.1) is 7.11 Å². The Hall–Kier alpha value is -1.06. The molecule has 1 aromatic rings. The van der Waals surface area contributed by atoms with Gasteiger partial charge < -0.3 is 4.74 Å². The van der Waals surface area contributed by atoms with Crippen LogP contribution in [0.3, 0.4) is 0 Å². The standard InChI is InChI=1S/C13H18ClNO2/c1-13(2,3)15-11(12(16)17-4)9-5-7-10(14)8-6-9/h5-8,11,15H,1-4H3. The molecule has 0 spiro atoms. The van der Waals surface area contributed by atoms with Crippen molar-refractivity contribution in [2.24, 2.45) is 0 Å². The van der Waals surface area contributed by atoms with Gasteiger partial charge in [-0.15, -0.1) is 0 Å². The molecule has 0 saturated heterocycles. The third-order valence-electron chi connectivity index (χ3n) is 2.22. The molecule has 0 aromatic heterocycles. The average Bonchev–Trinajstić information content (AvgIpc) is 2.25. The first-order valence-corrected chi connectivity index (χ1v) is 5.82. The lowest BCUT2D eigenvalue weighted by molar-refractivity contribution is -0.143. The largest absolute Gasteiger partial charge is 0.468 e. The zero-order valence-corrected chi connectivity index (χ0v) is 11.3. The van der Waals surface area contributed by atoms with Crippen LogP contribution in [0.4, 0.5) is 0 Å². The first kappa shape index (κ1) is 14.0. The van der Waals surface area contributed by atoms with Crippen molar-refractivity contribution in [1.29, 1.82) is 0 Å². The monoisotopic (exact) mass is 255 g/mol. The van der Waals surface area contributed by atoms with Crippen molar-refractivity contribution >= 4 is 17.6 Å². The van der Waals surface area contributed by atoms with E-state index in [0.717, 1.165) is 5.56 Å². The van der Waals surface area contributed by atoms with Crippen LogP contribution in [0, 0.1) is 0 Å². The Morgan fingerprint density at radius 1 is 1.29 bits per heavy atom. The lowest BCUT2D eigenvalue weighted by atomic mass is 10.0. The van der Waals surface area contributed by atoms with Gasteiger partial charge in [0.25, 0.3) is 0 Å². The van der Waals surface area contributed by atoms with E-state index in [0.29, 0.717) is 5.02 Å². The molecule has 0 saturated carbocycles. The molecule has 94 valence electrons. The third kappa shape index (κ3) is 4.36. The maximum Gasteiger partial charge on any atom is 0.327 e. The summed E-state index contributed by atoms with van der Waals surface area (Å²) < 4.78 is 4.81. The molecule has 0 heterocycles. The Kier molecular flexibility index (Phi) is 4.54. The summed E-state index contributed by atoms with van der Waals surface area (Å²) >= 11 is 5.83. The second-order valence-electron chi connectivity index (χ2n) is 4.90. The van der Waals surface area contributed by atoms with Crippen molar-refractivity contribution in [3.05, 3.63) is 34.9 Å². The molecule has 0 bridgehead atoms. The van der Waals surface area contributed by atoms with E-state index in [1.807, 2.05) is 32.9 Å². The predicted molar refractivity (Wildman–Crippen MR) is 69.1 cm³/mol. The minimum atomic E-state index is -0.475. The van der Waals surface area contributed by atoms with Crippen LogP contribution in [-0.2, 0) is 9.53 Å². The number of rotatable bonds is 3. The Morgan fingerprint density at radius 3 is 2.24 bits per heavy atom. The fourth-order valence-corrected chi connectivity index (χ4v) is 1.61. The number of benzene rings is 1. The maximum absolute atomic E-state index is 11.8. The molecule has 0 aliphatic rings. The molecular weight excluding hydrogens is 238 g/mol. The molecule has 1 aromatic carbocycles. The lowest BCUT2D eigenvalue weighted by Crippen LogP contribution is -2.42. The number of ether oxygens (including phenoxy) is 1. The van der Waals surface area contributed by atoms with E-state index in [-0.39, 0.29) is 11.5 Å². The van der Waals surface area contributed by atoms with Gasteiger partial charge in [0.2, 0.25) is 0 Å². The first-order chi connectivity index (χ1) is 7.83. The average molecular weight is 256 g/mol. The Morgan fingerprint density at radius 2 is 1.82 bits per heavy atom. The van der Waals surface area contributed by atoms with Crippen LogP contribution in [0.1, 0.15) is 32.4 Å². The number of halogens is 1. The third-order valence-corrected chi connectivity index (χ3v) is 2.47. The molecule has 0 aliphatic heterocycles. The quantitative estimate of drug-likeness (QED) is 0.844. The highest BCUT2D eigenvalue weighted by Crippen LogP contribution is 2.20. The molecule has 1 unspecified atom stereocenters. The summed E-state index contributed by atoms with van der Waals surface area (Å²) in [6.07, 6.45) is 0. The fourth-order valence-electron chi connectivity index (χ4n) is 1.48. The Balaban J connectivity index is 2.98. The molecule has 17 heavy (non-hydrogen) atoms. The summed E-state index contributed by atoms with van der Waals surface area (Å²) in [5.41, 5.74) is 0.662. The highest BCUT2D eigenvalue weighted by atomic mass is 35.5. The maximum atomic E-state index is 11.8. The van der Waals surface area contributed by atoms with Crippen molar-refractivity contribution in [3.8, 4) is 0 Å². The number of hydrogen-bond donors (Lipinski definition) is 1. The predicted octanol–water partition coefficient (Wildman–Crippen LogP) is 2.94. The van der Waals surface area contributed by atoms with Gasteiger partial charge in [-0.1, -0.05) is 23.7 Å². The smallest absolute Gasteiger partial charge is 0.327 e. The van der Waals surface area contributed by atoms with Crippen LogP contribution < -0.4 is 5.32 Å². The van der Waals surface area contributed by atoms with Gasteiger partial charge in [0.15, 0.2) is 0 Å². The van der Waals surface area contributed by atoms with E-state index in [2.05, 4.69) is 5.32 Å². The second kappa shape index (κ2) is 5.52. The molecule has 1 N–H and O–H groups in total. The number of carbonyl (C=O) groups excluding carboxylic acids is 1. The fraction of sp³-hybridized carbons (Fsp3) is 0.462. The topological polar surface area (TPSA) is 38.3 Å². The van der Waals surface area contributed by atoms with Gasteiger partial charge >= 0.3 is 5.97 Å². The number of hydrogen-bond acceptors (Lipinski definition) is 3. The molecular formula is C13H18ClNO2. The molecule has 0 fully saturated rings. The van der Waals surface area contributed by atoms with Crippen molar-refractivity contribution < 1.29 is 9.53 Å². The van der Waals surface area contributed by atoms with Gasteiger partial charge in [-0.3, -0.25) is 5.32 Å². The molecule has 1 rings (SSSR count). The van der Waals surface area contributed by atoms with E-state index in [9.17, 15) is 4.79 Å². The Bertz CT molecular complexity index is 381. The zero-order chi connectivity index (χ0) is 13.1. The number of nitrogens with one attached hydrogen (secondary N) is 1. The molecule has 4 heteroatoms. The summed E-state index contributed by atoms with van der Waals surface area (Å²) in [7, 11) is 1.38. The SMILES string of the molecule is COC(=O)C(NC(C)(C)C)c1ccc(Cl)cc1. The van der Waals surface area contributed by atoms with Crippen LogP contribution in [0.25, 0.3) is 0 Å². The molecule has 1 atom stereocenters. The van der Waals surface area contributed by atoms with E-state index in [1.54, 1.807) is 12.1 Å². The van der Waals surface area contributed by atoms with Crippen molar-refractivity contribution in [2.75, 3.05) is 7.11 Å². The van der Waals surface area contributed by atoms with Crippen LogP contribution >= 0.6 is 11.6 Å². The summed E-state index contributed by atoms with van der Waals surface area (Å²) in [5.74, 6) is -0.303. The molecule has 0 aliphatic carbocycles. The number of methoxy groups -OCH3 is 1. The first-order valence-electron chi connectivity index (χ1n) is 5.44. The van der Waals surface area contributed by atoms with Crippen molar-refractivity contribution in [2.45, 2.75) is 32.4 Å². The summed E-state index contributed by atoms with van der Waals surface area (Å²) in [4.78, 5) is 11.8. The second-order valence-corrected chi connectivity index (χ2v) is 5.34. The zero-order valence-electron chi connectivity index (χ0n) is 10.6. The van der Waals surface area contributed by atoms with Crippen LogP contribution in [0.2, 0.25) is 5.02 Å². The van der Waals surface area contributed by atoms with Gasteiger partial charge in [-0.25, -0.2) is 4.79 Å². The summed E-state index contributed by atoms with van der Waals surface area (Å²) in [6, 6.07) is 6.69. The highest BCUT2D eigenvalue weighted by Gasteiger charge is 2.25. The highest BCUT2D eigenvalue weighted by molar-refractivity contribution is 6.30. The van der Waals surface area contributed by atoms with Gasteiger partial charge in [-0.2, -0.15) is 0 Å². The Labute approximate surface area is 107 Å².